The third-order valence-corrected chi connectivity index (χ3v) is 7.68. The second-order valence-electron chi connectivity index (χ2n) is 8.29. The summed E-state index contributed by atoms with van der Waals surface area (Å²) in [6.45, 7) is 2.17. The van der Waals surface area contributed by atoms with Crippen LogP contribution in [0.25, 0.3) is 0 Å². The van der Waals surface area contributed by atoms with Gasteiger partial charge in [0.1, 0.15) is 0 Å². The molecule has 2 fully saturated rings. The van der Waals surface area contributed by atoms with Crippen molar-refractivity contribution >= 4 is 27.6 Å². The monoisotopic (exact) mass is 436 g/mol. The zero-order valence-electron chi connectivity index (χ0n) is 17.8. The molecule has 9 heteroatoms. The zero-order valence-corrected chi connectivity index (χ0v) is 18.7. The molecule has 0 aromatic heterocycles. The number of sulfonamides is 1. The van der Waals surface area contributed by atoms with E-state index >= 15 is 0 Å². The van der Waals surface area contributed by atoms with Gasteiger partial charge >= 0.3 is 6.03 Å². The largest absolute Gasteiger partial charge is 0.331 e. The van der Waals surface area contributed by atoms with Crippen molar-refractivity contribution in [3.8, 4) is 0 Å². The number of amides is 3. The number of likely N-dealkylation sites (tertiary alicyclic amines) is 1. The van der Waals surface area contributed by atoms with Crippen molar-refractivity contribution in [2.24, 2.45) is 5.92 Å². The van der Waals surface area contributed by atoms with Crippen LogP contribution in [-0.2, 0) is 14.8 Å². The van der Waals surface area contributed by atoms with E-state index in [9.17, 15) is 18.0 Å². The number of hydrogen-bond donors (Lipinski definition) is 1. The molecule has 2 heterocycles. The molecule has 0 radical (unpaired) electrons. The Bertz CT molecular complexity index is 846. The van der Waals surface area contributed by atoms with Crippen molar-refractivity contribution in [3.05, 3.63) is 24.3 Å². The standard InChI is InChI=1S/C21H32N4O4S/c1-23(2)21(27)24-13-7-8-17(16-24)20(26)22-18-9-11-19(12-10-18)30(28,29)25-14-5-3-4-6-15-25/h9-12,17H,3-8,13-16H2,1-2H3,(H,22,26)/t17-/m0/s1. The predicted molar refractivity (Wildman–Crippen MR) is 116 cm³/mol. The Morgan fingerprint density at radius 1 is 0.967 bits per heavy atom. The fraction of sp³-hybridized carbons (Fsp3) is 0.619. The van der Waals surface area contributed by atoms with Gasteiger partial charge in [-0.05, 0) is 49.9 Å². The number of piperidine rings is 1. The Kier molecular flexibility index (Phi) is 7.36. The van der Waals surface area contributed by atoms with Crippen molar-refractivity contribution in [1.82, 2.24) is 14.1 Å². The van der Waals surface area contributed by atoms with Gasteiger partial charge in [0.05, 0.1) is 10.8 Å². The molecule has 0 aliphatic carbocycles. The molecule has 8 nitrogen and oxygen atoms in total. The molecule has 166 valence electrons. The molecule has 30 heavy (non-hydrogen) atoms. The first-order chi connectivity index (χ1) is 14.3. The first kappa shape index (κ1) is 22.6. The number of benzene rings is 1. The highest BCUT2D eigenvalue weighted by Crippen LogP contribution is 2.23. The highest BCUT2D eigenvalue weighted by atomic mass is 32.2. The van der Waals surface area contributed by atoms with Crippen LogP contribution < -0.4 is 5.32 Å². The van der Waals surface area contributed by atoms with Crippen LogP contribution >= 0.6 is 0 Å². The van der Waals surface area contributed by atoms with E-state index in [0.717, 1.165) is 38.5 Å². The van der Waals surface area contributed by atoms with Gasteiger partial charge in [-0.1, -0.05) is 12.8 Å². The maximum Gasteiger partial charge on any atom is 0.319 e. The number of carbonyl (C=O) groups is 2. The van der Waals surface area contributed by atoms with Gasteiger partial charge in [0, 0.05) is 46.0 Å². The van der Waals surface area contributed by atoms with Crippen LogP contribution in [-0.4, -0.2) is 74.7 Å². The molecule has 2 saturated heterocycles. The van der Waals surface area contributed by atoms with Crippen molar-refractivity contribution in [1.29, 1.82) is 0 Å². The Balaban J connectivity index is 1.62. The molecule has 0 saturated carbocycles. The van der Waals surface area contributed by atoms with Gasteiger partial charge in [0.15, 0.2) is 0 Å². The molecule has 0 bridgehead atoms. The van der Waals surface area contributed by atoms with Gasteiger partial charge in [-0.3, -0.25) is 4.79 Å². The Morgan fingerprint density at radius 2 is 1.60 bits per heavy atom. The molecule has 1 N–H and O–H groups in total. The average Bonchev–Trinajstić information content (AvgIpc) is 3.04. The van der Waals surface area contributed by atoms with E-state index in [0.29, 0.717) is 31.9 Å². The van der Waals surface area contributed by atoms with E-state index in [2.05, 4.69) is 5.32 Å². The maximum absolute atomic E-state index is 12.9. The van der Waals surface area contributed by atoms with Gasteiger partial charge in [0.2, 0.25) is 15.9 Å². The predicted octanol–water partition coefficient (Wildman–Crippen LogP) is 2.58. The normalized spacial score (nSPS) is 21.0. The summed E-state index contributed by atoms with van der Waals surface area (Å²) in [5, 5.41) is 2.87. The molecular formula is C21H32N4O4S. The summed E-state index contributed by atoms with van der Waals surface area (Å²) in [6, 6.07) is 6.29. The quantitative estimate of drug-likeness (QED) is 0.786. The molecule has 2 aliphatic rings. The summed E-state index contributed by atoms with van der Waals surface area (Å²) in [6.07, 6.45) is 5.42. The summed E-state index contributed by atoms with van der Waals surface area (Å²) >= 11 is 0. The van der Waals surface area contributed by atoms with Gasteiger partial charge in [-0.25, -0.2) is 13.2 Å². The number of nitrogens with zero attached hydrogens (tertiary/aromatic N) is 3. The molecule has 0 unspecified atom stereocenters. The lowest BCUT2D eigenvalue weighted by atomic mass is 9.97. The van der Waals surface area contributed by atoms with Crippen molar-refractivity contribution < 1.29 is 18.0 Å². The minimum Gasteiger partial charge on any atom is -0.331 e. The minimum absolute atomic E-state index is 0.0874. The first-order valence-corrected chi connectivity index (χ1v) is 12.1. The summed E-state index contributed by atoms with van der Waals surface area (Å²) in [4.78, 5) is 28.3. The summed E-state index contributed by atoms with van der Waals surface area (Å²) in [7, 11) is -0.101. The van der Waals surface area contributed by atoms with Crippen molar-refractivity contribution in [2.75, 3.05) is 45.6 Å². The molecule has 1 atom stereocenters. The Morgan fingerprint density at radius 3 is 2.20 bits per heavy atom. The zero-order chi connectivity index (χ0) is 21.7. The number of hydrogen-bond acceptors (Lipinski definition) is 4. The summed E-state index contributed by atoms with van der Waals surface area (Å²) in [5.41, 5.74) is 0.561. The molecular weight excluding hydrogens is 404 g/mol. The van der Waals surface area contributed by atoms with Crippen molar-refractivity contribution in [2.45, 2.75) is 43.4 Å². The number of rotatable bonds is 4. The topological polar surface area (TPSA) is 90.0 Å². The summed E-state index contributed by atoms with van der Waals surface area (Å²) in [5.74, 6) is -0.419. The number of urea groups is 1. The lowest BCUT2D eigenvalue weighted by molar-refractivity contribution is -0.121. The lowest BCUT2D eigenvalue weighted by Crippen LogP contribution is -2.47. The summed E-state index contributed by atoms with van der Waals surface area (Å²) < 4.78 is 27.3. The highest BCUT2D eigenvalue weighted by molar-refractivity contribution is 7.89. The highest BCUT2D eigenvalue weighted by Gasteiger charge is 2.29. The van der Waals surface area contributed by atoms with Gasteiger partial charge in [-0.2, -0.15) is 4.31 Å². The second-order valence-corrected chi connectivity index (χ2v) is 10.2. The molecule has 1 aromatic rings. The van der Waals surface area contributed by atoms with Crippen molar-refractivity contribution in [3.63, 3.8) is 0 Å². The van der Waals surface area contributed by atoms with Crippen LogP contribution in [0.15, 0.2) is 29.2 Å². The third kappa shape index (κ3) is 5.31. The van der Waals surface area contributed by atoms with E-state index in [-0.39, 0.29) is 22.8 Å². The molecule has 3 amide bonds. The first-order valence-electron chi connectivity index (χ1n) is 10.7. The van der Waals surface area contributed by atoms with Gasteiger partial charge < -0.3 is 15.1 Å². The third-order valence-electron chi connectivity index (χ3n) is 5.77. The molecule has 0 spiro atoms. The maximum atomic E-state index is 12.9. The number of nitrogens with one attached hydrogen (secondary N) is 1. The van der Waals surface area contributed by atoms with Crippen LogP contribution in [0.5, 0.6) is 0 Å². The van der Waals surface area contributed by atoms with E-state index in [1.165, 1.54) is 4.90 Å². The van der Waals surface area contributed by atoms with Gasteiger partial charge in [0.25, 0.3) is 0 Å². The fourth-order valence-electron chi connectivity index (χ4n) is 4.03. The van der Waals surface area contributed by atoms with Gasteiger partial charge in [-0.15, -0.1) is 0 Å². The molecule has 3 rings (SSSR count). The van der Waals surface area contributed by atoms with E-state index in [1.54, 1.807) is 47.6 Å². The minimum atomic E-state index is -3.50. The van der Waals surface area contributed by atoms with E-state index in [1.807, 2.05) is 0 Å². The smallest absolute Gasteiger partial charge is 0.319 e. The van der Waals surface area contributed by atoms with E-state index < -0.39 is 10.0 Å². The van der Waals surface area contributed by atoms with Crippen LogP contribution in [0.1, 0.15) is 38.5 Å². The van der Waals surface area contributed by atoms with Crippen LogP contribution in [0, 0.1) is 5.92 Å². The second kappa shape index (κ2) is 9.78. The van der Waals surface area contributed by atoms with E-state index in [4.69, 9.17) is 0 Å². The average molecular weight is 437 g/mol. The number of anilines is 1. The number of carbonyl (C=O) groups excluding carboxylic acids is 2. The molecule has 2 aliphatic heterocycles. The Labute approximate surface area is 179 Å². The van der Waals surface area contributed by atoms with Crippen LogP contribution in [0.3, 0.4) is 0 Å². The Hall–Kier alpha value is -2.13. The molecule has 1 aromatic carbocycles. The lowest BCUT2D eigenvalue weighted by Gasteiger charge is -2.33. The fourth-order valence-corrected chi connectivity index (χ4v) is 5.55. The van der Waals surface area contributed by atoms with Crippen LogP contribution in [0.2, 0.25) is 0 Å². The SMILES string of the molecule is CN(C)C(=O)N1CCC[C@H](C(=O)Nc2ccc(S(=O)(=O)N3CCCCCC3)cc2)C1. The van der Waals surface area contributed by atoms with Crippen LogP contribution in [0.4, 0.5) is 10.5 Å².